The molecule has 0 amide bonds. The van der Waals surface area contributed by atoms with Gasteiger partial charge in [0.2, 0.25) is 0 Å². The molecule has 0 radical (unpaired) electrons. The van der Waals surface area contributed by atoms with E-state index >= 15 is 0 Å². The Morgan fingerprint density at radius 3 is 2.04 bits per heavy atom. The van der Waals surface area contributed by atoms with Crippen LogP contribution in [0, 0.1) is 0 Å². The molecule has 28 heavy (non-hydrogen) atoms. The standard InChI is InChI=1S/C23H34N2O3/c1-6-24(7-2)15-16-28-21-12-9-19(10-13-21)18-25(8-3)20-11-14-22(26-4)23(17-20)27-5/h9-14,17H,6-8,15-16,18H2,1-5H3. The van der Waals surface area contributed by atoms with E-state index in [1.54, 1.807) is 14.2 Å². The molecule has 5 heteroatoms. The second-order valence-electron chi connectivity index (χ2n) is 6.57. The first-order valence-corrected chi connectivity index (χ1v) is 10.1. The number of methoxy groups -OCH3 is 2. The molecule has 0 heterocycles. The van der Waals surface area contributed by atoms with Gasteiger partial charge in [0.15, 0.2) is 11.5 Å². The zero-order chi connectivity index (χ0) is 20.4. The van der Waals surface area contributed by atoms with E-state index in [4.69, 9.17) is 14.2 Å². The Balaban J connectivity index is 1.97. The van der Waals surface area contributed by atoms with Gasteiger partial charge in [-0.25, -0.2) is 0 Å². The molecule has 0 aliphatic heterocycles. The second-order valence-corrected chi connectivity index (χ2v) is 6.57. The van der Waals surface area contributed by atoms with E-state index in [9.17, 15) is 0 Å². The first-order valence-electron chi connectivity index (χ1n) is 10.1. The fourth-order valence-corrected chi connectivity index (χ4v) is 3.15. The van der Waals surface area contributed by atoms with Gasteiger partial charge in [-0.3, -0.25) is 0 Å². The van der Waals surface area contributed by atoms with Crippen molar-refractivity contribution in [3.05, 3.63) is 48.0 Å². The predicted molar refractivity (Wildman–Crippen MR) is 116 cm³/mol. The Bertz CT molecular complexity index is 699. The van der Waals surface area contributed by atoms with Crippen molar-refractivity contribution in [3.8, 4) is 17.2 Å². The van der Waals surface area contributed by atoms with E-state index in [1.165, 1.54) is 5.56 Å². The maximum absolute atomic E-state index is 5.88. The highest BCUT2D eigenvalue weighted by Crippen LogP contribution is 2.32. The minimum Gasteiger partial charge on any atom is -0.493 e. The third kappa shape index (κ3) is 6.06. The molecule has 0 saturated carbocycles. The van der Waals surface area contributed by atoms with E-state index in [2.05, 4.69) is 60.9 Å². The van der Waals surface area contributed by atoms with Gasteiger partial charge in [-0.1, -0.05) is 26.0 Å². The van der Waals surface area contributed by atoms with Crippen LogP contribution in [0.4, 0.5) is 5.69 Å². The summed E-state index contributed by atoms with van der Waals surface area (Å²) in [5.74, 6) is 2.41. The lowest BCUT2D eigenvalue weighted by Crippen LogP contribution is -2.27. The minimum atomic E-state index is 0.716. The van der Waals surface area contributed by atoms with E-state index in [0.717, 1.165) is 55.7 Å². The van der Waals surface area contributed by atoms with Crippen molar-refractivity contribution >= 4 is 5.69 Å². The molecule has 0 N–H and O–H groups in total. The number of hydrogen-bond donors (Lipinski definition) is 0. The van der Waals surface area contributed by atoms with Gasteiger partial charge in [-0.15, -0.1) is 0 Å². The Morgan fingerprint density at radius 2 is 1.46 bits per heavy atom. The van der Waals surface area contributed by atoms with Crippen LogP contribution in [0.3, 0.4) is 0 Å². The van der Waals surface area contributed by atoms with Crippen LogP contribution in [0.25, 0.3) is 0 Å². The largest absolute Gasteiger partial charge is 0.493 e. The average molecular weight is 387 g/mol. The molecule has 154 valence electrons. The Morgan fingerprint density at radius 1 is 0.786 bits per heavy atom. The quantitative estimate of drug-likeness (QED) is 0.538. The van der Waals surface area contributed by atoms with Gasteiger partial charge in [-0.2, -0.15) is 0 Å². The number of hydrogen-bond acceptors (Lipinski definition) is 5. The lowest BCUT2D eigenvalue weighted by Gasteiger charge is -2.24. The Kier molecular flexibility index (Phi) is 8.95. The molecule has 0 atom stereocenters. The topological polar surface area (TPSA) is 34.2 Å². The van der Waals surface area contributed by atoms with E-state index in [1.807, 2.05) is 12.1 Å². The van der Waals surface area contributed by atoms with Gasteiger partial charge in [0.25, 0.3) is 0 Å². The summed E-state index contributed by atoms with van der Waals surface area (Å²) in [6, 6.07) is 14.4. The summed E-state index contributed by atoms with van der Waals surface area (Å²) in [6.45, 7) is 12.0. The normalized spacial score (nSPS) is 10.8. The van der Waals surface area contributed by atoms with Crippen LogP contribution in [-0.4, -0.2) is 51.9 Å². The average Bonchev–Trinajstić information content (AvgIpc) is 2.75. The number of likely N-dealkylation sites (N-methyl/N-ethyl adjacent to an activating group) is 1. The molecule has 0 aliphatic rings. The highest BCUT2D eigenvalue weighted by atomic mass is 16.5. The summed E-state index contributed by atoms with van der Waals surface area (Å²) in [5, 5.41) is 0. The summed E-state index contributed by atoms with van der Waals surface area (Å²) in [5.41, 5.74) is 2.35. The van der Waals surface area contributed by atoms with Crippen LogP contribution < -0.4 is 19.1 Å². The van der Waals surface area contributed by atoms with Gasteiger partial charge in [0.1, 0.15) is 12.4 Å². The van der Waals surface area contributed by atoms with Crippen molar-refractivity contribution in [2.24, 2.45) is 0 Å². The first kappa shape index (κ1) is 21.9. The van der Waals surface area contributed by atoms with Crippen molar-refractivity contribution in [2.75, 3.05) is 51.9 Å². The molecule has 2 rings (SSSR count). The zero-order valence-corrected chi connectivity index (χ0v) is 17.9. The molecule has 0 aromatic heterocycles. The molecule has 0 aliphatic carbocycles. The molecule has 2 aromatic rings. The van der Waals surface area contributed by atoms with Crippen LogP contribution in [0.1, 0.15) is 26.3 Å². The van der Waals surface area contributed by atoms with E-state index in [-0.39, 0.29) is 0 Å². The van der Waals surface area contributed by atoms with Gasteiger partial charge in [0.05, 0.1) is 14.2 Å². The molecule has 2 aromatic carbocycles. The summed E-state index contributed by atoms with van der Waals surface area (Å²) in [4.78, 5) is 4.66. The van der Waals surface area contributed by atoms with Gasteiger partial charge >= 0.3 is 0 Å². The zero-order valence-electron chi connectivity index (χ0n) is 17.9. The Hall–Kier alpha value is -2.40. The molecule has 0 saturated heterocycles. The molecule has 0 fully saturated rings. The summed E-state index contributed by atoms with van der Waals surface area (Å²) in [6.07, 6.45) is 0. The summed E-state index contributed by atoms with van der Waals surface area (Å²) in [7, 11) is 3.32. The van der Waals surface area contributed by atoms with Crippen molar-refractivity contribution in [3.63, 3.8) is 0 Å². The summed E-state index contributed by atoms with van der Waals surface area (Å²) < 4.78 is 16.7. The van der Waals surface area contributed by atoms with Gasteiger partial charge in [0, 0.05) is 31.4 Å². The SMILES string of the molecule is CCN(CC)CCOc1ccc(CN(CC)c2ccc(OC)c(OC)c2)cc1. The van der Waals surface area contributed by atoms with E-state index < -0.39 is 0 Å². The van der Waals surface area contributed by atoms with Crippen LogP contribution in [0.2, 0.25) is 0 Å². The molecule has 5 nitrogen and oxygen atoms in total. The number of anilines is 1. The molecular weight excluding hydrogens is 352 g/mol. The highest BCUT2D eigenvalue weighted by Gasteiger charge is 2.10. The lowest BCUT2D eigenvalue weighted by atomic mass is 10.2. The number of rotatable bonds is 12. The fourth-order valence-electron chi connectivity index (χ4n) is 3.15. The number of ether oxygens (including phenoxy) is 3. The number of benzene rings is 2. The smallest absolute Gasteiger partial charge is 0.162 e. The predicted octanol–water partition coefficient (Wildman–Crippen LogP) is 4.45. The number of nitrogens with zero attached hydrogens (tertiary/aromatic N) is 2. The molecule has 0 unspecified atom stereocenters. The third-order valence-corrected chi connectivity index (χ3v) is 4.98. The van der Waals surface area contributed by atoms with E-state index in [0.29, 0.717) is 6.61 Å². The lowest BCUT2D eigenvalue weighted by molar-refractivity contribution is 0.223. The monoisotopic (exact) mass is 386 g/mol. The maximum atomic E-state index is 5.88. The van der Waals surface area contributed by atoms with Crippen molar-refractivity contribution < 1.29 is 14.2 Å². The third-order valence-electron chi connectivity index (χ3n) is 4.98. The van der Waals surface area contributed by atoms with Crippen molar-refractivity contribution in [1.82, 2.24) is 4.90 Å². The van der Waals surface area contributed by atoms with Crippen LogP contribution in [0.5, 0.6) is 17.2 Å². The van der Waals surface area contributed by atoms with Crippen LogP contribution in [0.15, 0.2) is 42.5 Å². The first-order chi connectivity index (χ1) is 13.6. The van der Waals surface area contributed by atoms with Gasteiger partial charge < -0.3 is 24.0 Å². The van der Waals surface area contributed by atoms with Crippen molar-refractivity contribution in [2.45, 2.75) is 27.3 Å². The fraction of sp³-hybridized carbons (Fsp3) is 0.478. The van der Waals surface area contributed by atoms with Crippen LogP contribution >= 0.6 is 0 Å². The second kappa shape index (κ2) is 11.4. The molecule has 0 bridgehead atoms. The summed E-state index contributed by atoms with van der Waals surface area (Å²) >= 11 is 0. The molecule has 0 spiro atoms. The molecular formula is C23H34N2O3. The van der Waals surface area contributed by atoms with Crippen LogP contribution in [-0.2, 0) is 6.54 Å². The minimum absolute atomic E-state index is 0.716. The highest BCUT2D eigenvalue weighted by molar-refractivity contribution is 5.56. The Labute approximate surface area is 169 Å². The maximum Gasteiger partial charge on any atom is 0.162 e. The van der Waals surface area contributed by atoms with Gasteiger partial charge in [-0.05, 0) is 49.8 Å². The van der Waals surface area contributed by atoms with Crippen molar-refractivity contribution in [1.29, 1.82) is 0 Å².